The molecular formula is C12H17FN5O5P. The van der Waals surface area contributed by atoms with Crippen LogP contribution in [0.5, 0.6) is 0 Å². The number of aliphatic hydroxyl groups excluding tert-OH is 1. The zero-order valence-corrected chi connectivity index (χ0v) is 13.5. The van der Waals surface area contributed by atoms with Crippen LogP contribution in [-0.4, -0.2) is 47.1 Å². The number of nitrogens with zero attached hydrogens (tertiary/aromatic N) is 4. The third-order valence-electron chi connectivity index (χ3n) is 4.41. The monoisotopic (exact) mass is 361 g/mol. The summed E-state index contributed by atoms with van der Waals surface area (Å²) in [6.45, 7) is 1.49. The van der Waals surface area contributed by atoms with Crippen molar-refractivity contribution in [3.8, 4) is 0 Å². The summed E-state index contributed by atoms with van der Waals surface area (Å²) in [6.07, 6.45) is -0.0217. The van der Waals surface area contributed by atoms with E-state index in [4.69, 9.17) is 15.5 Å². The standard InChI is InChI=1S/C12H17FN5O5P/c1-5-7(2-6(9(5)19)3-23-24(20,21)22)18-4-15-8-10(14)16-12(13)17-11(8)18/h4-7,9,19H,2-3H2,1H3,(H2,14,16,17)(H2,20,21,22)/t5?,6-,7-,9-/m1/s1. The van der Waals surface area contributed by atoms with E-state index in [9.17, 15) is 14.1 Å². The number of phosphoric acid groups is 1. The molecule has 0 amide bonds. The van der Waals surface area contributed by atoms with E-state index >= 15 is 0 Å². The van der Waals surface area contributed by atoms with Crippen molar-refractivity contribution in [2.24, 2.45) is 11.8 Å². The SMILES string of the molecule is CC1[C@@H](O)[C@@H](COP(=O)(O)O)C[C@H]1n1cnc2c(N)nc(F)nc21. The van der Waals surface area contributed by atoms with Gasteiger partial charge in [-0.25, -0.2) is 9.55 Å². The molecule has 24 heavy (non-hydrogen) atoms. The molecule has 4 atom stereocenters. The zero-order valence-electron chi connectivity index (χ0n) is 12.7. The smallest absolute Gasteiger partial charge is 0.392 e. The summed E-state index contributed by atoms with van der Waals surface area (Å²) < 4.78 is 30.4. The lowest BCUT2D eigenvalue weighted by Gasteiger charge is -2.19. The Morgan fingerprint density at radius 2 is 2.21 bits per heavy atom. The fourth-order valence-electron chi connectivity index (χ4n) is 3.20. The molecule has 1 aliphatic rings. The van der Waals surface area contributed by atoms with Crippen LogP contribution >= 0.6 is 7.82 Å². The molecule has 0 bridgehead atoms. The van der Waals surface area contributed by atoms with Gasteiger partial charge in [0, 0.05) is 17.9 Å². The summed E-state index contributed by atoms with van der Waals surface area (Å²) in [5, 5.41) is 10.3. The van der Waals surface area contributed by atoms with E-state index in [2.05, 4.69) is 19.5 Å². The van der Waals surface area contributed by atoms with Gasteiger partial charge >= 0.3 is 13.9 Å². The minimum Gasteiger partial charge on any atom is -0.392 e. The second kappa shape index (κ2) is 6.01. The minimum atomic E-state index is -4.61. The summed E-state index contributed by atoms with van der Waals surface area (Å²) in [6, 6.07) is -0.302. The lowest BCUT2D eigenvalue weighted by molar-refractivity contribution is 0.0604. The second-order valence-corrected chi connectivity index (χ2v) is 7.14. The molecule has 1 saturated carbocycles. The Morgan fingerprint density at radius 1 is 1.50 bits per heavy atom. The van der Waals surface area contributed by atoms with E-state index in [1.165, 1.54) is 6.33 Å². The Morgan fingerprint density at radius 3 is 2.88 bits per heavy atom. The van der Waals surface area contributed by atoms with E-state index in [1.54, 1.807) is 11.5 Å². The van der Waals surface area contributed by atoms with Gasteiger partial charge in [-0.05, 0) is 6.42 Å². The maximum absolute atomic E-state index is 13.4. The number of anilines is 1. The number of nitrogen functional groups attached to an aromatic ring is 1. The van der Waals surface area contributed by atoms with Crippen LogP contribution in [-0.2, 0) is 9.09 Å². The van der Waals surface area contributed by atoms with Crippen molar-refractivity contribution in [3.63, 3.8) is 0 Å². The molecule has 5 N–H and O–H groups in total. The predicted octanol–water partition coefficient (Wildman–Crippen LogP) is 0.215. The highest BCUT2D eigenvalue weighted by Gasteiger charge is 2.42. The van der Waals surface area contributed by atoms with Crippen molar-refractivity contribution >= 4 is 24.8 Å². The van der Waals surface area contributed by atoms with Gasteiger partial charge in [-0.3, -0.25) is 4.52 Å². The van der Waals surface area contributed by atoms with E-state index in [-0.39, 0.29) is 35.5 Å². The maximum atomic E-state index is 13.4. The number of hydrogen-bond donors (Lipinski definition) is 4. The molecule has 10 nitrogen and oxygen atoms in total. The first kappa shape index (κ1) is 17.2. The molecule has 12 heteroatoms. The first-order chi connectivity index (χ1) is 11.2. The number of nitrogens with two attached hydrogens (primary N) is 1. The van der Waals surface area contributed by atoms with Crippen molar-refractivity contribution in [3.05, 3.63) is 12.4 Å². The molecule has 1 aliphatic carbocycles. The second-order valence-electron chi connectivity index (χ2n) is 5.90. The van der Waals surface area contributed by atoms with E-state index in [0.29, 0.717) is 6.42 Å². The van der Waals surface area contributed by atoms with Crippen molar-refractivity contribution in [1.82, 2.24) is 19.5 Å². The molecule has 2 heterocycles. The maximum Gasteiger partial charge on any atom is 0.469 e. The summed E-state index contributed by atoms with van der Waals surface area (Å²) in [4.78, 5) is 28.8. The molecular weight excluding hydrogens is 344 g/mol. The van der Waals surface area contributed by atoms with Crippen LogP contribution in [0.3, 0.4) is 0 Å². The van der Waals surface area contributed by atoms with Crippen LogP contribution in [0.2, 0.25) is 0 Å². The molecule has 1 fully saturated rings. The van der Waals surface area contributed by atoms with Crippen molar-refractivity contribution < 1.29 is 28.4 Å². The van der Waals surface area contributed by atoms with Crippen LogP contribution in [0.25, 0.3) is 11.2 Å². The third-order valence-corrected chi connectivity index (χ3v) is 4.89. The highest BCUT2D eigenvalue weighted by Crippen LogP contribution is 2.44. The van der Waals surface area contributed by atoms with Crippen LogP contribution in [0.1, 0.15) is 19.4 Å². The number of fused-ring (bicyclic) bond motifs is 1. The molecule has 0 aliphatic heterocycles. The first-order valence-corrected chi connectivity index (χ1v) is 8.74. The predicted molar refractivity (Wildman–Crippen MR) is 80.0 cm³/mol. The summed E-state index contributed by atoms with van der Waals surface area (Å²) in [5.74, 6) is -0.852. The van der Waals surface area contributed by atoms with Gasteiger partial charge in [-0.2, -0.15) is 14.4 Å². The quantitative estimate of drug-likeness (QED) is 0.441. The number of phosphoric ester groups is 1. The Kier molecular flexibility index (Phi) is 4.30. The summed E-state index contributed by atoms with van der Waals surface area (Å²) in [5.41, 5.74) is 6.10. The first-order valence-electron chi connectivity index (χ1n) is 7.21. The average Bonchev–Trinajstić information content (AvgIpc) is 3.00. The van der Waals surface area contributed by atoms with Gasteiger partial charge in [0.2, 0.25) is 0 Å². The van der Waals surface area contributed by atoms with Gasteiger partial charge in [0.1, 0.15) is 5.52 Å². The Hall–Kier alpha value is -1.65. The van der Waals surface area contributed by atoms with E-state index in [1.807, 2.05) is 0 Å². The van der Waals surface area contributed by atoms with Gasteiger partial charge in [0.15, 0.2) is 11.5 Å². The number of hydrogen-bond acceptors (Lipinski definition) is 7. The molecule has 2 aromatic rings. The Labute approximate surface area is 135 Å². The number of halogens is 1. The van der Waals surface area contributed by atoms with Crippen LogP contribution < -0.4 is 5.73 Å². The highest BCUT2D eigenvalue weighted by atomic mass is 31.2. The van der Waals surface area contributed by atoms with Gasteiger partial charge in [0.25, 0.3) is 0 Å². The lowest BCUT2D eigenvalue weighted by atomic mass is 10.0. The number of imidazole rings is 1. The molecule has 132 valence electrons. The summed E-state index contributed by atoms with van der Waals surface area (Å²) >= 11 is 0. The number of rotatable bonds is 4. The topological polar surface area (TPSA) is 157 Å². The van der Waals surface area contributed by atoms with Crippen LogP contribution in [0.4, 0.5) is 10.2 Å². The average molecular weight is 361 g/mol. The lowest BCUT2D eigenvalue weighted by Crippen LogP contribution is -2.24. The third kappa shape index (κ3) is 3.13. The number of aromatic nitrogens is 4. The molecule has 0 aromatic carbocycles. The molecule has 0 saturated heterocycles. The van der Waals surface area contributed by atoms with Crippen molar-refractivity contribution in [2.45, 2.75) is 25.5 Å². The number of aliphatic hydroxyl groups is 1. The van der Waals surface area contributed by atoms with Crippen molar-refractivity contribution in [1.29, 1.82) is 0 Å². The molecule has 0 spiro atoms. The van der Waals surface area contributed by atoms with Gasteiger partial charge in [-0.1, -0.05) is 6.92 Å². The highest BCUT2D eigenvalue weighted by molar-refractivity contribution is 7.46. The fraction of sp³-hybridized carbons (Fsp3) is 0.583. The molecule has 3 rings (SSSR count). The zero-order chi connectivity index (χ0) is 17.6. The van der Waals surface area contributed by atoms with E-state index in [0.717, 1.165) is 0 Å². The summed E-state index contributed by atoms with van der Waals surface area (Å²) in [7, 11) is -4.61. The normalized spacial score (nSPS) is 27.9. The molecule has 0 radical (unpaired) electrons. The van der Waals surface area contributed by atoms with Gasteiger partial charge in [-0.15, -0.1) is 0 Å². The van der Waals surface area contributed by atoms with Gasteiger partial charge < -0.3 is 25.2 Å². The van der Waals surface area contributed by atoms with E-state index < -0.39 is 25.9 Å². The van der Waals surface area contributed by atoms with Gasteiger partial charge in [0.05, 0.1) is 19.0 Å². The minimum absolute atomic E-state index is 0.0798. The Balaban J connectivity index is 1.89. The van der Waals surface area contributed by atoms with Crippen LogP contribution in [0, 0.1) is 17.9 Å². The van der Waals surface area contributed by atoms with Crippen molar-refractivity contribution in [2.75, 3.05) is 12.3 Å². The Bertz CT molecular complexity index is 810. The molecule has 2 aromatic heterocycles. The fourth-order valence-corrected chi connectivity index (χ4v) is 3.59. The van der Waals surface area contributed by atoms with Crippen LogP contribution in [0.15, 0.2) is 6.33 Å². The molecule has 1 unspecified atom stereocenters. The largest absolute Gasteiger partial charge is 0.469 e.